The standard InChI is InChI=1S/C30H44N6O2/c1-3-4-22(2)32-30-31-19-27-28(21-36(29(27)33-30)25-9-11-26(38)12-10-25)24-7-5-23(6-8-24)20-35-15-13-34(14-16-35)17-18-37/h5-8,19,21-22,25-26,37-38H,3-4,9-18,20H2,1-2H3,(H,31,32,33). The predicted octanol–water partition coefficient (Wildman–Crippen LogP) is 4.28. The lowest BCUT2D eigenvalue weighted by Gasteiger charge is -2.34. The molecule has 1 saturated heterocycles. The van der Waals surface area contributed by atoms with E-state index in [1.165, 1.54) is 16.7 Å². The summed E-state index contributed by atoms with van der Waals surface area (Å²) >= 11 is 0. The molecule has 8 nitrogen and oxygen atoms in total. The molecular formula is C30H44N6O2. The van der Waals surface area contributed by atoms with E-state index in [2.05, 4.69) is 64.0 Å². The minimum absolute atomic E-state index is 0.181. The summed E-state index contributed by atoms with van der Waals surface area (Å²) in [5.74, 6) is 0.689. The molecule has 8 heteroatoms. The van der Waals surface area contributed by atoms with Gasteiger partial charge >= 0.3 is 0 Å². The lowest BCUT2D eigenvalue weighted by molar-refractivity contribution is 0.108. The fourth-order valence-electron chi connectivity index (χ4n) is 6.03. The third kappa shape index (κ3) is 6.37. The van der Waals surface area contributed by atoms with Crippen LogP contribution in [0.4, 0.5) is 5.95 Å². The Labute approximate surface area is 226 Å². The predicted molar refractivity (Wildman–Crippen MR) is 153 cm³/mol. The maximum atomic E-state index is 10.1. The number of hydrogen-bond donors (Lipinski definition) is 3. The summed E-state index contributed by atoms with van der Waals surface area (Å²) in [4.78, 5) is 14.5. The second kappa shape index (κ2) is 12.6. The summed E-state index contributed by atoms with van der Waals surface area (Å²) in [6, 6.07) is 9.63. The summed E-state index contributed by atoms with van der Waals surface area (Å²) in [6.45, 7) is 10.5. The van der Waals surface area contributed by atoms with Crippen LogP contribution in [-0.2, 0) is 6.54 Å². The molecule has 2 aromatic heterocycles. The third-order valence-electron chi connectivity index (χ3n) is 8.28. The Morgan fingerprint density at radius 3 is 2.42 bits per heavy atom. The summed E-state index contributed by atoms with van der Waals surface area (Å²) in [6.07, 6.45) is 9.87. The Morgan fingerprint density at radius 2 is 1.74 bits per heavy atom. The molecule has 0 bridgehead atoms. The summed E-state index contributed by atoms with van der Waals surface area (Å²) in [7, 11) is 0. The molecule has 0 spiro atoms. The van der Waals surface area contributed by atoms with Crippen LogP contribution in [0.2, 0.25) is 0 Å². The number of aliphatic hydroxyl groups is 2. The van der Waals surface area contributed by atoms with Crippen LogP contribution >= 0.6 is 0 Å². The number of anilines is 1. The maximum Gasteiger partial charge on any atom is 0.224 e. The van der Waals surface area contributed by atoms with E-state index >= 15 is 0 Å². The van der Waals surface area contributed by atoms with Crippen molar-refractivity contribution in [3.05, 3.63) is 42.2 Å². The largest absolute Gasteiger partial charge is 0.395 e. The lowest BCUT2D eigenvalue weighted by atomic mass is 9.93. The molecule has 1 aromatic carbocycles. The Hall–Kier alpha value is -2.52. The van der Waals surface area contributed by atoms with Gasteiger partial charge in [-0.3, -0.25) is 9.80 Å². The molecule has 3 heterocycles. The highest BCUT2D eigenvalue weighted by atomic mass is 16.3. The molecule has 3 N–H and O–H groups in total. The molecule has 1 saturated carbocycles. The minimum Gasteiger partial charge on any atom is -0.395 e. The summed E-state index contributed by atoms with van der Waals surface area (Å²) < 4.78 is 2.34. The number of aliphatic hydroxyl groups excluding tert-OH is 2. The number of fused-ring (bicyclic) bond motifs is 1. The van der Waals surface area contributed by atoms with E-state index in [4.69, 9.17) is 9.97 Å². The number of rotatable bonds is 10. The van der Waals surface area contributed by atoms with Gasteiger partial charge in [-0.1, -0.05) is 37.6 Å². The van der Waals surface area contributed by atoms with Crippen molar-refractivity contribution in [1.82, 2.24) is 24.3 Å². The second-order valence-corrected chi connectivity index (χ2v) is 11.2. The van der Waals surface area contributed by atoms with Crippen LogP contribution in [0.15, 0.2) is 36.7 Å². The highest BCUT2D eigenvalue weighted by Gasteiger charge is 2.24. The Balaban J connectivity index is 1.37. The van der Waals surface area contributed by atoms with E-state index in [1.807, 2.05) is 6.20 Å². The number of hydrogen-bond acceptors (Lipinski definition) is 7. The first-order valence-corrected chi connectivity index (χ1v) is 14.5. The monoisotopic (exact) mass is 520 g/mol. The molecule has 2 aliphatic rings. The average Bonchev–Trinajstić information content (AvgIpc) is 3.30. The van der Waals surface area contributed by atoms with Gasteiger partial charge in [0.05, 0.1) is 12.7 Å². The Bertz CT molecular complexity index is 1160. The van der Waals surface area contributed by atoms with Gasteiger partial charge in [-0.15, -0.1) is 0 Å². The van der Waals surface area contributed by atoms with Gasteiger partial charge in [-0.2, -0.15) is 4.98 Å². The van der Waals surface area contributed by atoms with Crippen molar-refractivity contribution in [2.24, 2.45) is 0 Å². The molecular weight excluding hydrogens is 476 g/mol. The van der Waals surface area contributed by atoms with Crippen molar-refractivity contribution < 1.29 is 10.2 Å². The molecule has 206 valence electrons. The Kier molecular flexibility index (Phi) is 8.94. The van der Waals surface area contributed by atoms with Gasteiger partial charge in [0, 0.05) is 74.7 Å². The molecule has 2 fully saturated rings. The topological polar surface area (TPSA) is 89.7 Å². The van der Waals surface area contributed by atoms with E-state index < -0.39 is 0 Å². The molecule has 0 amide bonds. The van der Waals surface area contributed by atoms with Crippen LogP contribution in [0, 0.1) is 0 Å². The zero-order valence-corrected chi connectivity index (χ0v) is 23.0. The normalized spacial score (nSPS) is 22.1. The van der Waals surface area contributed by atoms with Crippen LogP contribution < -0.4 is 5.32 Å². The zero-order chi connectivity index (χ0) is 26.5. The lowest BCUT2D eigenvalue weighted by Crippen LogP contribution is -2.46. The van der Waals surface area contributed by atoms with E-state index in [1.54, 1.807) is 0 Å². The van der Waals surface area contributed by atoms with Crippen LogP contribution in [0.5, 0.6) is 0 Å². The van der Waals surface area contributed by atoms with Crippen molar-refractivity contribution >= 4 is 17.0 Å². The number of nitrogens with one attached hydrogen (secondary N) is 1. The van der Waals surface area contributed by atoms with E-state index in [0.717, 1.165) is 88.8 Å². The van der Waals surface area contributed by atoms with Crippen molar-refractivity contribution in [2.45, 2.75) is 77.1 Å². The van der Waals surface area contributed by atoms with E-state index in [-0.39, 0.29) is 12.7 Å². The number of aromatic nitrogens is 3. The van der Waals surface area contributed by atoms with E-state index in [9.17, 15) is 10.2 Å². The van der Waals surface area contributed by atoms with Crippen LogP contribution in [0.1, 0.15) is 64.0 Å². The first-order chi connectivity index (χ1) is 18.5. The number of benzene rings is 1. The molecule has 1 aliphatic carbocycles. The molecule has 3 aromatic rings. The molecule has 1 unspecified atom stereocenters. The van der Waals surface area contributed by atoms with Gasteiger partial charge in [-0.25, -0.2) is 4.98 Å². The van der Waals surface area contributed by atoms with Gasteiger partial charge in [0.1, 0.15) is 5.65 Å². The molecule has 0 radical (unpaired) electrons. The first-order valence-electron chi connectivity index (χ1n) is 14.5. The fraction of sp³-hybridized carbons (Fsp3) is 0.600. The Morgan fingerprint density at radius 1 is 1.03 bits per heavy atom. The molecule has 38 heavy (non-hydrogen) atoms. The SMILES string of the molecule is CCCC(C)Nc1ncc2c(-c3ccc(CN4CCN(CCO)CC4)cc3)cn(C3CCC(O)CC3)c2n1. The third-order valence-corrected chi connectivity index (χ3v) is 8.28. The molecule has 5 rings (SSSR count). The minimum atomic E-state index is -0.181. The smallest absolute Gasteiger partial charge is 0.224 e. The zero-order valence-electron chi connectivity index (χ0n) is 23.0. The number of β-amino-alcohol motifs (C(OH)–C–C–N with tert-alkyl or cyclic N) is 1. The van der Waals surface area contributed by atoms with Crippen LogP contribution in [-0.4, -0.2) is 86.0 Å². The first kappa shape index (κ1) is 27.1. The quantitative estimate of drug-likeness (QED) is 0.368. The average molecular weight is 521 g/mol. The second-order valence-electron chi connectivity index (χ2n) is 11.2. The molecule has 1 aliphatic heterocycles. The fourth-order valence-corrected chi connectivity index (χ4v) is 6.03. The van der Waals surface area contributed by atoms with Crippen LogP contribution in [0.3, 0.4) is 0 Å². The van der Waals surface area contributed by atoms with Crippen molar-refractivity contribution in [3.8, 4) is 11.1 Å². The number of piperazine rings is 1. The van der Waals surface area contributed by atoms with Crippen molar-refractivity contribution in [1.29, 1.82) is 0 Å². The number of nitrogens with zero attached hydrogens (tertiary/aromatic N) is 5. The maximum absolute atomic E-state index is 10.1. The van der Waals surface area contributed by atoms with Gasteiger partial charge in [0.25, 0.3) is 0 Å². The van der Waals surface area contributed by atoms with E-state index in [0.29, 0.717) is 18.0 Å². The van der Waals surface area contributed by atoms with Crippen LogP contribution in [0.25, 0.3) is 22.2 Å². The highest BCUT2D eigenvalue weighted by molar-refractivity contribution is 5.94. The van der Waals surface area contributed by atoms with Gasteiger partial charge in [0.15, 0.2) is 0 Å². The summed E-state index contributed by atoms with van der Waals surface area (Å²) in [5.41, 5.74) is 4.66. The van der Waals surface area contributed by atoms with Crippen molar-refractivity contribution in [2.75, 3.05) is 44.6 Å². The highest BCUT2D eigenvalue weighted by Crippen LogP contribution is 2.37. The van der Waals surface area contributed by atoms with Crippen molar-refractivity contribution in [3.63, 3.8) is 0 Å². The summed E-state index contributed by atoms with van der Waals surface area (Å²) in [5, 5.41) is 23.8. The van der Waals surface area contributed by atoms with Gasteiger partial charge in [0.2, 0.25) is 5.95 Å². The van der Waals surface area contributed by atoms with Gasteiger partial charge < -0.3 is 20.1 Å². The van der Waals surface area contributed by atoms with Gasteiger partial charge in [-0.05, 0) is 50.2 Å². The molecule has 1 atom stereocenters.